The number of sulfonamides is 1. The maximum Gasteiger partial charge on any atom is 0.407 e. The molecule has 0 aliphatic carbocycles. The maximum atomic E-state index is 14.0. The summed E-state index contributed by atoms with van der Waals surface area (Å²) in [5.41, 5.74) is 2.13. The van der Waals surface area contributed by atoms with Gasteiger partial charge in [0.2, 0.25) is 10.0 Å². The highest BCUT2D eigenvalue weighted by Gasteiger charge is 2.44. The Bertz CT molecular complexity index is 1630. The molecule has 0 unspecified atom stereocenters. The Hall–Kier alpha value is -2.75. The number of fused-ring (bicyclic) bond motifs is 2. The summed E-state index contributed by atoms with van der Waals surface area (Å²) in [5, 5.41) is 3.09. The molecule has 2 fully saturated rings. The third-order valence-corrected chi connectivity index (χ3v) is 13.0. The lowest BCUT2D eigenvalue weighted by molar-refractivity contribution is -0.0907. The molecular weight excluding hydrogens is 713 g/mol. The molecule has 0 spiro atoms. The number of nitrogens with zero attached hydrogens (tertiary/aromatic N) is 2. The number of carbonyl (C=O) groups excluding carboxylic acids is 1. The Morgan fingerprint density at radius 3 is 2.37 bits per heavy atom. The molecule has 5 rings (SSSR count). The van der Waals surface area contributed by atoms with E-state index < -0.39 is 35.9 Å². The predicted molar refractivity (Wildman–Crippen MR) is 194 cm³/mol. The highest BCUT2D eigenvalue weighted by molar-refractivity contribution is 7.89. The van der Waals surface area contributed by atoms with E-state index in [0.717, 1.165) is 17.5 Å². The van der Waals surface area contributed by atoms with Crippen LogP contribution in [0.25, 0.3) is 0 Å². The molecule has 3 aliphatic rings. The van der Waals surface area contributed by atoms with Gasteiger partial charge >= 0.3 is 13.7 Å². The maximum absolute atomic E-state index is 14.0. The zero-order chi connectivity index (χ0) is 37.5. The van der Waals surface area contributed by atoms with Gasteiger partial charge in [0.15, 0.2) is 12.6 Å². The van der Waals surface area contributed by atoms with E-state index in [9.17, 15) is 17.8 Å². The first-order valence-corrected chi connectivity index (χ1v) is 21.2. The lowest BCUT2D eigenvalue weighted by Crippen LogP contribution is -2.51. The van der Waals surface area contributed by atoms with Crippen LogP contribution in [0.1, 0.15) is 52.2 Å². The third-order valence-electron chi connectivity index (χ3n) is 9.45. The Kier molecular flexibility index (Phi) is 14.0. The molecule has 1 amide bonds. The molecule has 2 aromatic carbocycles. The SMILES string of the molecule is CCOP(=O)(COc1ccc2c(c1)CN(C[C@H](NC(=O)O[C@H]1CO[C@H]3OCC[C@H]31)[C@H](C)CN(CC(C)C)S(=O)(=O)c1ccc(OC)cc1)C2)OCC. The van der Waals surface area contributed by atoms with Gasteiger partial charge in [-0.2, -0.15) is 4.31 Å². The molecule has 0 bridgehead atoms. The van der Waals surface area contributed by atoms with E-state index in [0.29, 0.717) is 44.3 Å². The van der Waals surface area contributed by atoms with Gasteiger partial charge in [0.1, 0.15) is 17.6 Å². The van der Waals surface area contributed by atoms with Gasteiger partial charge in [-0.1, -0.05) is 26.8 Å². The van der Waals surface area contributed by atoms with Crippen LogP contribution in [0.2, 0.25) is 0 Å². The van der Waals surface area contributed by atoms with Crippen LogP contribution in [0, 0.1) is 17.8 Å². The molecule has 3 aliphatic heterocycles. The Balaban J connectivity index is 1.31. The molecular formula is C36H54N3O11PS. The average Bonchev–Trinajstić information content (AvgIpc) is 3.84. The van der Waals surface area contributed by atoms with E-state index in [4.69, 9.17) is 32.7 Å². The van der Waals surface area contributed by atoms with Crippen LogP contribution in [0.5, 0.6) is 11.5 Å². The largest absolute Gasteiger partial charge is 0.497 e. The second-order valence-corrected chi connectivity index (χ2v) is 17.8. The monoisotopic (exact) mass is 767 g/mol. The first-order valence-electron chi connectivity index (χ1n) is 18.0. The molecule has 0 aromatic heterocycles. The molecule has 52 heavy (non-hydrogen) atoms. The van der Waals surface area contributed by atoms with Gasteiger partial charge < -0.3 is 38.0 Å². The highest BCUT2D eigenvalue weighted by Crippen LogP contribution is 2.48. The van der Waals surface area contributed by atoms with Crippen molar-refractivity contribution in [1.82, 2.24) is 14.5 Å². The van der Waals surface area contributed by atoms with Crippen LogP contribution >= 0.6 is 7.60 Å². The van der Waals surface area contributed by atoms with Crippen LogP contribution in [0.3, 0.4) is 0 Å². The molecule has 16 heteroatoms. The number of benzene rings is 2. The van der Waals surface area contributed by atoms with Crippen molar-refractivity contribution in [3.8, 4) is 11.5 Å². The minimum atomic E-state index is -3.87. The second-order valence-electron chi connectivity index (χ2n) is 13.9. The zero-order valence-electron chi connectivity index (χ0n) is 31.0. The summed E-state index contributed by atoms with van der Waals surface area (Å²) in [6.45, 7) is 12.8. The van der Waals surface area contributed by atoms with Gasteiger partial charge in [0, 0.05) is 38.8 Å². The first-order chi connectivity index (χ1) is 24.8. The quantitative estimate of drug-likeness (QED) is 0.181. The number of carbonyl (C=O) groups is 1. The van der Waals surface area contributed by atoms with Crippen molar-refractivity contribution < 1.29 is 50.5 Å². The van der Waals surface area contributed by atoms with Crippen molar-refractivity contribution in [2.75, 3.05) is 59.5 Å². The van der Waals surface area contributed by atoms with E-state index in [2.05, 4.69) is 10.2 Å². The van der Waals surface area contributed by atoms with Gasteiger partial charge in [-0.05, 0) is 79.6 Å². The fourth-order valence-corrected chi connectivity index (χ4v) is 9.88. The van der Waals surface area contributed by atoms with Crippen LogP contribution < -0.4 is 14.8 Å². The van der Waals surface area contributed by atoms with Crippen molar-refractivity contribution >= 4 is 23.7 Å². The van der Waals surface area contributed by atoms with Crippen molar-refractivity contribution in [2.45, 2.75) is 77.5 Å². The number of rotatable bonds is 19. The molecule has 5 atom stereocenters. The van der Waals surface area contributed by atoms with Gasteiger partial charge in [-0.25, -0.2) is 13.2 Å². The van der Waals surface area contributed by atoms with Gasteiger partial charge in [0.05, 0.1) is 44.4 Å². The van der Waals surface area contributed by atoms with Crippen LogP contribution in [-0.4, -0.2) is 102 Å². The van der Waals surface area contributed by atoms with E-state index in [1.165, 1.54) is 11.4 Å². The summed E-state index contributed by atoms with van der Waals surface area (Å²) in [7, 11) is -5.72. The van der Waals surface area contributed by atoms with Crippen LogP contribution in [0.15, 0.2) is 47.4 Å². The topological polar surface area (TPSA) is 151 Å². The highest BCUT2D eigenvalue weighted by atomic mass is 32.2. The summed E-state index contributed by atoms with van der Waals surface area (Å²) in [6, 6.07) is 11.6. The zero-order valence-corrected chi connectivity index (χ0v) is 32.7. The Labute approximate surface area is 307 Å². The second kappa shape index (κ2) is 18.1. The average molecular weight is 768 g/mol. The Morgan fingerprint density at radius 1 is 1.00 bits per heavy atom. The van der Waals surface area contributed by atoms with Gasteiger partial charge in [0.25, 0.3) is 0 Å². The number of hydrogen-bond acceptors (Lipinski definition) is 12. The fraction of sp³-hybridized carbons (Fsp3) is 0.639. The standard InChI is InChI=1S/C36H54N3O11PS/c1-7-48-51(41,49-8-2)24-47-30-10-9-27-20-38(21-28(27)17-30)22-33(37-36(40)50-34-23-46-35-32(34)15-16-45-35)26(5)19-39(18-25(3)4)52(42,43)31-13-11-29(44-6)12-14-31/h9-14,17,25-26,32-35H,7-8,15-16,18-24H2,1-6H3,(H,37,40)/t26-,32+,33+,34+,35-/m1/s1. The number of ether oxygens (including phenoxy) is 5. The van der Waals surface area contributed by atoms with Crippen molar-refractivity contribution in [3.05, 3.63) is 53.6 Å². The summed E-state index contributed by atoms with van der Waals surface area (Å²) in [5.74, 6) is 0.845. The first kappa shape index (κ1) is 40.4. The summed E-state index contributed by atoms with van der Waals surface area (Å²) in [6.07, 6.45) is -0.807. The number of hydrogen-bond donors (Lipinski definition) is 1. The molecule has 1 N–H and O–H groups in total. The van der Waals surface area contributed by atoms with E-state index in [1.54, 1.807) is 38.1 Å². The lowest BCUT2D eigenvalue weighted by atomic mass is 10.0. The molecule has 2 saturated heterocycles. The van der Waals surface area contributed by atoms with E-state index >= 15 is 0 Å². The van der Waals surface area contributed by atoms with Gasteiger partial charge in [-0.15, -0.1) is 0 Å². The van der Waals surface area contributed by atoms with Crippen LogP contribution in [0.4, 0.5) is 4.79 Å². The summed E-state index contributed by atoms with van der Waals surface area (Å²) >= 11 is 0. The number of alkyl carbamates (subject to hydrolysis) is 1. The van der Waals surface area contributed by atoms with Gasteiger partial charge in [-0.3, -0.25) is 9.46 Å². The normalized spacial score (nSPS) is 21.6. The summed E-state index contributed by atoms with van der Waals surface area (Å²) in [4.78, 5) is 15.8. The molecule has 290 valence electrons. The lowest BCUT2D eigenvalue weighted by Gasteiger charge is -2.33. The smallest absolute Gasteiger partial charge is 0.407 e. The third kappa shape index (κ3) is 10.3. The predicted octanol–water partition coefficient (Wildman–Crippen LogP) is 5.45. The van der Waals surface area contributed by atoms with Crippen LogP contribution in [-0.2, 0) is 50.9 Å². The Morgan fingerprint density at radius 2 is 1.69 bits per heavy atom. The molecule has 2 aromatic rings. The minimum Gasteiger partial charge on any atom is -0.497 e. The molecule has 14 nitrogen and oxygen atoms in total. The minimum absolute atomic E-state index is 0.0155. The molecule has 3 heterocycles. The molecule has 0 radical (unpaired) electrons. The van der Waals surface area contributed by atoms with Crippen molar-refractivity contribution in [2.24, 2.45) is 17.8 Å². The van der Waals surface area contributed by atoms with E-state index in [-0.39, 0.29) is 61.7 Å². The number of amides is 1. The fourth-order valence-electron chi connectivity index (χ4n) is 6.86. The summed E-state index contributed by atoms with van der Waals surface area (Å²) < 4.78 is 81.4. The number of methoxy groups -OCH3 is 1. The number of nitrogens with one attached hydrogen (secondary N) is 1. The van der Waals surface area contributed by atoms with E-state index in [1.807, 2.05) is 39.0 Å². The van der Waals surface area contributed by atoms with Crippen molar-refractivity contribution in [1.29, 1.82) is 0 Å². The van der Waals surface area contributed by atoms with Crippen molar-refractivity contribution in [3.63, 3.8) is 0 Å². The molecule has 0 saturated carbocycles.